The van der Waals surface area contributed by atoms with Crippen molar-refractivity contribution in [2.45, 2.75) is 26.0 Å². The van der Waals surface area contributed by atoms with Crippen LogP contribution in [0.25, 0.3) is 0 Å². The number of hydrogen-bond acceptors (Lipinski definition) is 3. The summed E-state index contributed by atoms with van der Waals surface area (Å²) in [6.45, 7) is 7.84. The third-order valence-corrected chi connectivity index (χ3v) is 5.63. The maximum Gasteiger partial charge on any atom is 0.242 e. The zero-order valence-corrected chi connectivity index (χ0v) is 16.5. The summed E-state index contributed by atoms with van der Waals surface area (Å²) in [5.41, 5.74) is 2.91. The van der Waals surface area contributed by atoms with E-state index in [1.165, 1.54) is 11.8 Å². The molecule has 2 aromatic carbocycles. The van der Waals surface area contributed by atoms with E-state index in [2.05, 4.69) is 24.1 Å². The summed E-state index contributed by atoms with van der Waals surface area (Å²) in [6.07, 6.45) is 0. The van der Waals surface area contributed by atoms with Crippen molar-refractivity contribution in [2.75, 3.05) is 18.4 Å². The average Bonchev–Trinajstić information content (AvgIpc) is 2.63. The monoisotopic (exact) mass is 372 g/mol. The normalized spacial score (nSPS) is 11.6. The molecule has 1 atom stereocenters. The third kappa shape index (κ3) is 5.58. The van der Waals surface area contributed by atoms with E-state index in [1.54, 1.807) is 0 Å². The van der Waals surface area contributed by atoms with E-state index < -0.39 is 0 Å². The van der Waals surface area contributed by atoms with Gasteiger partial charge in [0.25, 0.3) is 0 Å². The minimum atomic E-state index is -0.379. The topological polar surface area (TPSA) is 32.3 Å². The Bertz CT molecular complexity index is 697. The van der Waals surface area contributed by atoms with E-state index in [4.69, 9.17) is 12.2 Å². The number of hydrogen-bond donors (Lipinski definition) is 1. The number of nitrogens with zero attached hydrogens (tertiary/aromatic N) is 1. The molecule has 0 fully saturated rings. The van der Waals surface area contributed by atoms with Crippen LogP contribution in [0, 0.1) is 6.92 Å². The molecule has 0 radical (unpaired) electrons. The average molecular weight is 373 g/mol. The molecule has 0 aliphatic carbocycles. The number of anilines is 1. The quantitative estimate of drug-likeness (QED) is 0.721. The maximum absolute atomic E-state index is 12.9. The Kier molecular flexibility index (Phi) is 7.47. The molecule has 0 saturated carbocycles. The Balaban J connectivity index is 2.20. The van der Waals surface area contributed by atoms with Crippen LogP contribution in [0.5, 0.6) is 0 Å². The first kappa shape index (κ1) is 19.5. The van der Waals surface area contributed by atoms with Crippen LogP contribution in [-0.4, -0.2) is 28.2 Å². The number of nitrogens with one attached hydrogen (secondary N) is 1. The number of amides is 1. The number of thioether (sulfide) groups is 1. The second-order valence-electron chi connectivity index (χ2n) is 5.70. The van der Waals surface area contributed by atoms with E-state index in [9.17, 15) is 4.79 Å². The van der Waals surface area contributed by atoms with Gasteiger partial charge >= 0.3 is 0 Å². The fourth-order valence-corrected chi connectivity index (χ4v) is 4.02. The van der Waals surface area contributed by atoms with Gasteiger partial charge < -0.3 is 10.2 Å². The Morgan fingerprint density at radius 1 is 1.08 bits per heavy atom. The fourth-order valence-electron chi connectivity index (χ4n) is 2.40. The van der Waals surface area contributed by atoms with E-state index in [1.807, 2.05) is 61.5 Å². The molecule has 25 heavy (non-hydrogen) atoms. The number of carbonyl (C=O) groups excluding carboxylic acids is 1. The second-order valence-corrected chi connectivity index (χ2v) is 7.44. The van der Waals surface area contributed by atoms with Gasteiger partial charge in [0.05, 0.1) is 0 Å². The van der Waals surface area contributed by atoms with Gasteiger partial charge in [0.2, 0.25) is 5.91 Å². The van der Waals surface area contributed by atoms with Gasteiger partial charge in [-0.05, 0) is 38.5 Å². The van der Waals surface area contributed by atoms with Crippen LogP contribution in [0.1, 0.15) is 30.2 Å². The molecule has 1 amide bonds. The molecular formula is C20H24N2OS2. The predicted molar refractivity (Wildman–Crippen MR) is 112 cm³/mol. The van der Waals surface area contributed by atoms with E-state index in [-0.39, 0.29) is 11.2 Å². The smallest absolute Gasteiger partial charge is 0.242 e. The van der Waals surface area contributed by atoms with Crippen molar-refractivity contribution in [3.05, 3.63) is 65.7 Å². The lowest BCUT2D eigenvalue weighted by Gasteiger charge is -2.24. The molecule has 2 rings (SSSR count). The van der Waals surface area contributed by atoms with Crippen LogP contribution >= 0.6 is 24.0 Å². The van der Waals surface area contributed by atoms with Gasteiger partial charge in [-0.1, -0.05) is 72.0 Å². The second kappa shape index (κ2) is 9.59. The van der Waals surface area contributed by atoms with Gasteiger partial charge in [-0.2, -0.15) is 0 Å². The molecule has 2 aromatic rings. The Labute approximate surface area is 159 Å². The zero-order valence-electron chi connectivity index (χ0n) is 14.9. The van der Waals surface area contributed by atoms with E-state index in [0.29, 0.717) is 0 Å². The molecule has 1 N–H and O–H groups in total. The number of rotatable bonds is 6. The molecule has 0 bridgehead atoms. The van der Waals surface area contributed by atoms with Gasteiger partial charge in [-0.15, -0.1) is 0 Å². The van der Waals surface area contributed by atoms with Gasteiger partial charge in [0.15, 0.2) is 0 Å². The summed E-state index contributed by atoms with van der Waals surface area (Å²) in [5, 5.41) is 2.63. The van der Waals surface area contributed by atoms with Crippen molar-refractivity contribution in [1.29, 1.82) is 0 Å². The first-order valence-corrected chi connectivity index (χ1v) is 9.72. The first-order chi connectivity index (χ1) is 12.0. The lowest BCUT2D eigenvalue weighted by atomic mass is 10.1. The first-order valence-electron chi connectivity index (χ1n) is 8.43. The van der Waals surface area contributed by atoms with Crippen LogP contribution in [0.4, 0.5) is 5.69 Å². The SMILES string of the molecule is CCN(CC)C(=S)SC(C(=O)Nc1ccc(C)cc1)c1ccccc1. The number of carbonyl (C=O) groups is 1. The lowest BCUT2D eigenvalue weighted by Crippen LogP contribution is -2.29. The molecule has 5 heteroatoms. The van der Waals surface area contributed by atoms with Crippen LogP contribution < -0.4 is 5.32 Å². The van der Waals surface area contributed by atoms with Crippen molar-refractivity contribution in [3.63, 3.8) is 0 Å². The highest BCUT2D eigenvalue weighted by atomic mass is 32.2. The molecule has 0 aliphatic heterocycles. The van der Waals surface area contributed by atoms with Crippen LogP contribution in [0.2, 0.25) is 0 Å². The summed E-state index contributed by atoms with van der Waals surface area (Å²) < 4.78 is 0.748. The molecule has 0 spiro atoms. The molecule has 0 aliphatic rings. The summed E-state index contributed by atoms with van der Waals surface area (Å²) in [7, 11) is 0. The molecule has 0 aromatic heterocycles. The molecule has 3 nitrogen and oxygen atoms in total. The Hall–Kier alpha value is -1.85. The van der Waals surface area contributed by atoms with Crippen molar-refractivity contribution >= 4 is 39.9 Å². The summed E-state index contributed by atoms with van der Waals surface area (Å²) in [5.74, 6) is -0.0606. The molecular weight excluding hydrogens is 348 g/mol. The van der Waals surface area contributed by atoms with Crippen LogP contribution in [0.3, 0.4) is 0 Å². The van der Waals surface area contributed by atoms with Gasteiger partial charge in [0.1, 0.15) is 9.57 Å². The van der Waals surface area contributed by atoms with Crippen molar-refractivity contribution in [2.24, 2.45) is 0 Å². The number of benzene rings is 2. The highest BCUT2D eigenvalue weighted by Gasteiger charge is 2.24. The zero-order chi connectivity index (χ0) is 18.2. The maximum atomic E-state index is 12.9. The molecule has 0 heterocycles. The van der Waals surface area contributed by atoms with Crippen LogP contribution in [0.15, 0.2) is 54.6 Å². The molecule has 132 valence electrons. The Morgan fingerprint density at radius 3 is 2.24 bits per heavy atom. The molecule has 0 saturated heterocycles. The summed E-state index contributed by atoms with van der Waals surface area (Å²) in [6, 6.07) is 17.6. The highest BCUT2D eigenvalue weighted by molar-refractivity contribution is 8.23. The van der Waals surface area contributed by atoms with Crippen molar-refractivity contribution in [3.8, 4) is 0 Å². The molecule has 1 unspecified atom stereocenters. The fraction of sp³-hybridized carbons (Fsp3) is 0.300. The van der Waals surface area contributed by atoms with Gasteiger partial charge in [-0.3, -0.25) is 4.79 Å². The number of aryl methyl sites for hydroxylation is 1. The van der Waals surface area contributed by atoms with Crippen LogP contribution in [-0.2, 0) is 4.79 Å². The Morgan fingerprint density at radius 2 is 1.68 bits per heavy atom. The van der Waals surface area contributed by atoms with Crippen molar-refractivity contribution < 1.29 is 4.79 Å². The summed E-state index contributed by atoms with van der Waals surface area (Å²) >= 11 is 6.99. The van der Waals surface area contributed by atoms with Crippen molar-refractivity contribution in [1.82, 2.24) is 4.90 Å². The van der Waals surface area contributed by atoms with Gasteiger partial charge in [-0.25, -0.2) is 0 Å². The lowest BCUT2D eigenvalue weighted by molar-refractivity contribution is -0.115. The largest absolute Gasteiger partial charge is 0.358 e. The minimum Gasteiger partial charge on any atom is -0.358 e. The third-order valence-electron chi connectivity index (χ3n) is 3.90. The summed E-state index contributed by atoms with van der Waals surface area (Å²) in [4.78, 5) is 15.0. The van der Waals surface area contributed by atoms with E-state index >= 15 is 0 Å². The number of thiocarbonyl (C=S) groups is 1. The minimum absolute atomic E-state index is 0.0606. The van der Waals surface area contributed by atoms with Gasteiger partial charge in [0, 0.05) is 18.8 Å². The van der Waals surface area contributed by atoms with E-state index in [0.717, 1.165) is 34.2 Å². The standard InChI is InChI=1S/C20H24N2OS2/c1-4-22(5-2)20(24)25-18(16-9-7-6-8-10-16)19(23)21-17-13-11-15(3)12-14-17/h6-14,18H,4-5H2,1-3H3,(H,21,23). The highest BCUT2D eigenvalue weighted by Crippen LogP contribution is 2.32. The predicted octanol–water partition coefficient (Wildman–Crippen LogP) is 5.03.